The first-order valence-electron chi connectivity index (χ1n) is 7.47. The van der Waals surface area contributed by atoms with E-state index in [1.807, 2.05) is 24.3 Å². The van der Waals surface area contributed by atoms with Crippen molar-refractivity contribution >= 4 is 11.9 Å². The largest absolute Gasteiger partial charge is 0.480 e. The van der Waals surface area contributed by atoms with Crippen molar-refractivity contribution in [3.8, 4) is 0 Å². The Bertz CT molecular complexity index is 479. The lowest BCUT2D eigenvalue weighted by Gasteiger charge is -2.17. The summed E-state index contributed by atoms with van der Waals surface area (Å²) in [6.45, 7) is 7.87. The maximum atomic E-state index is 12.1. The molecule has 0 saturated heterocycles. The monoisotopic (exact) mass is 291 g/mol. The van der Waals surface area contributed by atoms with Gasteiger partial charge in [-0.05, 0) is 36.8 Å². The van der Waals surface area contributed by atoms with E-state index in [0.717, 1.165) is 12.0 Å². The quantitative estimate of drug-likeness (QED) is 0.811. The zero-order chi connectivity index (χ0) is 16.0. The summed E-state index contributed by atoms with van der Waals surface area (Å²) >= 11 is 0. The average molecular weight is 291 g/mol. The second-order valence-electron chi connectivity index (χ2n) is 5.87. The molecule has 0 saturated carbocycles. The Morgan fingerprint density at radius 2 is 1.71 bits per heavy atom. The highest BCUT2D eigenvalue weighted by Gasteiger charge is 2.22. The first kappa shape index (κ1) is 17.2. The fourth-order valence-corrected chi connectivity index (χ4v) is 2.20. The number of amides is 1. The first-order valence-corrected chi connectivity index (χ1v) is 7.47. The molecule has 0 bridgehead atoms. The molecule has 0 aliphatic heterocycles. The summed E-state index contributed by atoms with van der Waals surface area (Å²) in [5, 5.41) is 11.6. The third kappa shape index (κ3) is 5.21. The molecule has 1 aromatic rings. The van der Waals surface area contributed by atoms with Crippen molar-refractivity contribution in [2.45, 2.75) is 52.5 Å². The van der Waals surface area contributed by atoms with Gasteiger partial charge in [-0.2, -0.15) is 0 Å². The molecule has 4 heteroatoms. The summed E-state index contributed by atoms with van der Waals surface area (Å²) in [5.41, 5.74) is 2.15. The van der Waals surface area contributed by atoms with Crippen LogP contribution in [0.4, 0.5) is 0 Å². The molecule has 21 heavy (non-hydrogen) atoms. The zero-order valence-electron chi connectivity index (χ0n) is 13.2. The van der Waals surface area contributed by atoms with E-state index in [1.165, 1.54) is 5.56 Å². The van der Waals surface area contributed by atoms with Gasteiger partial charge in [0.25, 0.3) is 0 Å². The van der Waals surface area contributed by atoms with Crippen LogP contribution in [0.2, 0.25) is 0 Å². The normalized spacial score (nSPS) is 13.8. The SMILES string of the molecule is CCC(NC(=O)C(C)c1ccc(CC(C)C)cc1)C(=O)O. The van der Waals surface area contributed by atoms with Gasteiger partial charge in [-0.1, -0.05) is 45.0 Å². The van der Waals surface area contributed by atoms with Crippen LogP contribution in [0.15, 0.2) is 24.3 Å². The molecule has 2 atom stereocenters. The van der Waals surface area contributed by atoms with Crippen LogP contribution in [0.25, 0.3) is 0 Å². The van der Waals surface area contributed by atoms with Crippen molar-refractivity contribution in [2.75, 3.05) is 0 Å². The molecule has 0 radical (unpaired) electrons. The number of carboxylic acid groups (broad SMARTS) is 1. The Kier molecular flexibility index (Phi) is 6.40. The average Bonchev–Trinajstić information content (AvgIpc) is 2.43. The summed E-state index contributed by atoms with van der Waals surface area (Å²) < 4.78 is 0. The molecule has 116 valence electrons. The van der Waals surface area contributed by atoms with E-state index in [0.29, 0.717) is 12.3 Å². The topological polar surface area (TPSA) is 66.4 Å². The molecule has 1 amide bonds. The predicted molar refractivity (Wildman–Crippen MR) is 83.3 cm³/mol. The van der Waals surface area contributed by atoms with Gasteiger partial charge >= 0.3 is 5.97 Å². The lowest BCUT2D eigenvalue weighted by molar-refractivity contribution is -0.142. The van der Waals surface area contributed by atoms with Crippen molar-refractivity contribution in [1.29, 1.82) is 0 Å². The Morgan fingerprint density at radius 3 is 2.14 bits per heavy atom. The van der Waals surface area contributed by atoms with E-state index >= 15 is 0 Å². The molecule has 0 spiro atoms. The smallest absolute Gasteiger partial charge is 0.326 e. The highest BCUT2D eigenvalue weighted by atomic mass is 16.4. The fraction of sp³-hybridized carbons (Fsp3) is 0.529. The Morgan fingerprint density at radius 1 is 1.14 bits per heavy atom. The van der Waals surface area contributed by atoms with Crippen LogP contribution in [-0.2, 0) is 16.0 Å². The van der Waals surface area contributed by atoms with Gasteiger partial charge in [0.05, 0.1) is 5.92 Å². The van der Waals surface area contributed by atoms with Crippen LogP contribution in [0, 0.1) is 5.92 Å². The molecule has 0 fully saturated rings. The highest BCUT2D eigenvalue weighted by molar-refractivity contribution is 5.87. The fourth-order valence-electron chi connectivity index (χ4n) is 2.20. The minimum absolute atomic E-state index is 0.249. The van der Waals surface area contributed by atoms with Crippen molar-refractivity contribution < 1.29 is 14.7 Å². The van der Waals surface area contributed by atoms with Crippen molar-refractivity contribution in [2.24, 2.45) is 5.92 Å². The third-order valence-corrected chi connectivity index (χ3v) is 3.54. The van der Waals surface area contributed by atoms with E-state index in [9.17, 15) is 9.59 Å². The van der Waals surface area contributed by atoms with Gasteiger partial charge in [-0.3, -0.25) is 4.79 Å². The van der Waals surface area contributed by atoms with Crippen LogP contribution in [0.3, 0.4) is 0 Å². The molecule has 0 aliphatic rings. The standard InChI is InChI=1S/C17H25NO3/c1-5-15(17(20)21)18-16(19)12(4)14-8-6-13(7-9-14)10-11(2)3/h6-9,11-12,15H,5,10H2,1-4H3,(H,18,19)(H,20,21). The van der Waals surface area contributed by atoms with Gasteiger partial charge in [0.1, 0.15) is 6.04 Å². The van der Waals surface area contributed by atoms with Crippen LogP contribution in [-0.4, -0.2) is 23.0 Å². The molecule has 1 aromatic carbocycles. The van der Waals surface area contributed by atoms with Crippen LogP contribution >= 0.6 is 0 Å². The minimum atomic E-state index is -0.995. The first-order chi connectivity index (χ1) is 9.85. The van der Waals surface area contributed by atoms with E-state index in [-0.39, 0.29) is 11.8 Å². The Labute approximate surface area is 126 Å². The van der Waals surface area contributed by atoms with Crippen LogP contribution < -0.4 is 5.32 Å². The molecular formula is C17H25NO3. The van der Waals surface area contributed by atoms with Gasteiger partial charge in [0, 0.05) is 0 Å². The summed E-state index contributed by atoms with van der Waals surface area (Å²) in [6.07, 6.45) is 1.39. The number of rotatable bonds is 7. The van der Waals surface area contributed by atoms with E-state index in [1.54, 1.807) is 13.8 Å². The number of hydrogen-bond donors (Lipinski definition) is 2. The van der Waals surface area contributed by atoms with Crippen molar-refractivity contribution in [1.82, 2.24) is 5.32 Å². The molecule has 2 N–H and O–H groups in total. The predicted octanol–water partition coefficient (Wildman–Crippen LogP) is 2.97. The number of hydrogen-bond acceptors (Lipinski definition) is 2. The number of carbonyl (C=O) groups excluding carboxylic acids is 1. The van der Waals surface area contributed by atoms with Gasteiger partial charge in [-0.25, -0.2) is 4.79 Å². The molecule has 0 aliphatic carbocycles. The van der Waals surface area contributed by atoms with E-state index in [2.05, 4.69) is 19.2 Å². The maximum absolute atomic E-state index is 12.1. The molecule has 0 heterocycles. The number of carbonyl (C=O) groups is 2. The zero-order valence-corrected chi connectivity index (χ0v) is 13.2. The summed E-state index contributed by atoms with van der Waals surface area (Å²) in [7, 11) is 0. The van der Waals surface area contributed by atoms with E-state index < -0.39 is 12.0 Å². The summed E-state index contributed by atoms with van der Waals surface area (Å²) in [6, 6.07) is 7.15. The molecule has 4 nitrogen and oxygen atoms in total. The molecule has 2 unspecified atom stereocenters. The number of carboxylic acids is 1. The molecule has 1 rings (SSSR count). The van der Waals surface area contributed by atoms with Gasteiger partial charge < -0.3 is 10.4 Å². The number of benzene rings is 1. The van der Waals surface area contributed by atoms with Crippen molar-refractivity contribution in [3.63, 3.8) is 0 Å². The second-order valence-corrected chi connectivity index (χ2v) is 5.87. The van der Waals surface area contributed by atoms with Gasteiger partial charge in [-0.15, -0.1) is 0 Å². The number of nitrogens with one attached hydrogen (secondary N) is 1. The lowest BCUT2D eigenvalue weighted by atomic mass is 9.96. The third-order valence-electron chi connectivity index (χ3n) is 3.54. The second kappa shape index (κ2) is 7.81. The van der Waals surface area contributed by atoms with Crippen LogP contribution in [0.5, 0.6) is 0 Å². The minimum Gasteiger partial charge on any atom is -0.480 e. The summed E-state index contributed by atoms with van der Waals surface area (Å²) in [5.74, 6) is -1.00. The Balaban J connectivity index is 2.71. The van der Waals surface area contributed by atoms with Gasteiger partial charge in [0.2, 0.25) is 5.91 Å². The molecular weight excluding hydrogens is 266 g/mol. The van der Waals surface area contributed by atoms with E-state index in [4.69, 9.17) is 5.11 Å². The van der Waals surface area contributed by atoms with Gasteiger partial charge in [0.15, 0.2) is 0 Å². The number of aliphatic carboxylic acids is 1. The van der Waals surface area contributed by atoms with Crippen molar-refractivity contribution in [3.05, 3.63) is 35.4 Å². The Hall–Kier alpha value is -1.84. The summed E-state index contributed by atoms with van der Waals surface area (Å²) in [4.78, 5) is 23.1. The lowest BCUT2D eigenvalue weighted by Crippen LogP contribution is -2.42. The maximum Gasteiger partial charge on any atom is 0.326 e. The highest BCUT2D eigenvalue weighted by Crippen LogP contribution is 2.18. The van der Waals surface area contributed by atoms with Crippen LogP contribution in [0.1, 0.15) is 51.2 Å². The molecule has 0 aromatic heterocycles.